The fourth-order valence-corrected chi connectivity index (χ4v) is 4.94. The highest BCUT2D eigenvalue weighted by molar-refractivity contribution is 6.76. The first-order valence-electron chi connectivity index (χ1n) is 12.5. The van der Waals surface area contributed by atoms with Gasteiger partial charge < -0.3 is 14.5 Å². The van der Waals surface area contributed by atoms with Crippen molar-refractivity contribution < 1.29 is 14.3 Å². The number of hydrogen-bond donors (Lipinski definition) is 0. The molecule has 1 saturated heterocycles. The van der Waals surface area contributed by atoms with Gasteiger partial charge in [-0.1, -0.05) is 43.9 Å². The van der Waals surface area contributed by atoms with Crippen LogP contribution in [-0.2, 0) is 11.5 Å². The van der Waals surface area contributed by atoms with E-state index in [4.69, 9.17) is 9.84 Å². The predicted molar refractivity (Wildman–Crippen MR) is 148 cm³/mol. The summed E-state index contributed by atoms with van der Waals surface area (Å²) in [5, 5.41) is 5.73. The van der Waals surface area contributed by atoms with Gasteiger partial charge >= 0.3 is 0 Å². The average Bonchev–Trinajstić information content (AvgIpc) is 3.21. The van der Waals surface area contributed by atoms with Crippen LogP contribution >= 0.6 is 0 Å². The van der Waals surface area contributed by atoms with Crippen LogP contribution in [0.2, 0.25) is 25.7 Å². The number of piperazine rings is 1. The Hall–Kier alpha value is -3.07. The number of carbonyl (C=O) groups is 2. The first-order valence-corrected chi connectivity index (χ1v) is 16.2. The molecule has 4 rings (SSSR count). The van der Waals surface area contributed by atoms with Gasteiger partial charge in [-0.25, -0.2) is 4.68 Å². The standard InChI is InChI=1S/C28H36N4O3Si/c1-30-12-14-31(15-13-30)28(34)24-7-5-6-22(18-24)9-11-26-25-10-8-23(20-33)19-27(25)32(29-26)21-35-16-17-36(2,3)4/h5-11,18-20H,12-17,21H2,1-4H3/b11-9+. The van der Waals surface area contributed by atoms with Gasteiger partial charge in [0.05, 0.1) is 11.2 Å². The van der Waals surface area contributed by atoms with E-state index in [1.54, 1.807) is 6.07 Å². The Morgan fingerprint density at radius 3 is 2.53 bits per heavy atom. The fraction of sp³-hybridized carbons (Fsp3) is 0.393. The molecule has 2 heterocycles. The number of carbonyl (C=O) groups excluding carboxylic acids is 2. The topological polar surface area (TPSA) is 67.7 Å². The number of amides is 1. The number of aldehydes is 1. The molecule has 1 fully saturated rings. The molecule has 3 aromatic rings. The molecular weight excluding hydrogens is 468 g/mol. The lowest BCUT2D eigenvalue weighted by molar-refractivity contribution is 0.0664. The molecule has 1 amide bonds. The van der Waals surface area contributed by atoms with Crippen molar-refractivity contribution in [1.29, 1.82) is 0 Å². The number of benzene rings is 2. The van der Waals surface area contributed by atoms with Gasteiger partial charge in [0.1, 0.15) is 13.0 Å². The van der Waals surface area contributed by atoms with Crippen LogP contribution in [0.25, 0.3) is 23.1 Å². The molecule has 2 aromatic carbocycles. The molecule has 0 radical (unpaired) electrons. The van der Waals surface area contributed by atoms with Crippen LogP contribution in [0.5, 0.6) is 0 Å². The summed E-state index contributed by atoms with van der Waals surface area (Å²) in [5.41, 5.74) is 3.91. The van der Waals surface area contributed by atoms with Crippen molar-refractivity contribution in [2.45, 2.75) is 32.4 Å². The van der Waals surface area contributed by atoms with E-state index in [1.165, 1.54) is 0 Å². The van der Waals surface area contributed by atoms with E-state index in [0.29, 0.717) is 24.5 Å². The largest absolute Gasteiger partial charge is 0.360 e. The Morgan fingerprint density at radius 1 is 1.03 bits per heavy atom. The quantitative estimate of drug-likeness (QED) is 0.240. The minimum Gasteiger partial charge on any atom is -0.360 e. The Kier molecular flexibility index (Phi) is 8.18. The maximum atomic E-state index is 13.0. The fourth-order valence-electron chi connectivity index (χ4n) is 4.18. The van der Waals surface area contributed by atoms with Crippen LogP contribution in [0.4, 0.5) is 0 Å². The summed E-state index contributed by atoms with van der Waals surface area (Å²) in [6.45, 7) is 11.3. The van der Waals surface area contributed by atoms with Gasteiger partial charge in [0.15, 0.2) is 0 Å². The first-order chi connectivity index (χ1) is 17.2. The highest BCUT2D eigenvalue weighted by Crippen LogP contribution is 2.23. The number of likely N-dealkylation sites (N-methyl/N-ethyl adjacent to an activating group) is 1. The molecular formula is C28H36N4O3Si. The molecule has 1 aliphatic rings. The van der Waals surface area contributed by atoms with E-state index in [0.717, 1.165) is 60.7 Å². The molecule has 1 aromatic heterocycles. The van der Waals surface area contributed by atoms with E-state index < -0.39 is 8.07 Å². The number of hydrogen-bond acceptors (Lipinski definition) is 5. The van der Waals surface area contributed by atoms with Crippen molar-refractivity contribution in [3.8, 4) is 0 Å². The lowest BCUT2D eigenvalue weighted by Gasteiger charge is -2.32. The number of nitrogens with zero attached hydrogens (tertiary/aromatic N) is 4. The molecule has 0 atom stereocenters. The molecule has 0 N–H and O–H groups in total. The van der Waals surface area contributed by atoms with E-state index in [9.17, 15) is 9.59 Å². The molecule has 1 aliphatic heterocycles. The van der Waals surface area contributed by atoms with Crippen molar-refractivity contribution in [2.75, 3.05) is 39.8 Å². The monoisotopic (exact) mass is 504 g/mol. The summed E-state index contributed by atoms with van der Waals surface area (Å²) in [4.78, 5) is 28.5. The van der Waals surface area contributed by atoms with E-state index >= 15 is 0 Å². The van der Waals surface area contributed by atoms with Crippen molar-refractivity contribution in [1.82, 2.24) is 19.6 Å². The molecule has 36 heavy (non-hydrogen) atoms. The smallest absolute Gasteiger partial charge is 0.253 e. The highest BCUT2D eigenvalue weighted by atomic mass is 28.3. The van der Waals surface area contributed by atoms with E-state index in [2.05, 4.69) is 31.6 Å². The van der Waals surface area contributed by atoms with Crippen LogP contribution in [-0.4, -0.2) is 79.7 Å². The Bertz CT molecular complexity index is 1250. The third-order valence-corrected chi connectivity index (χ3v) is 8.21. The molecule has 190 valence electrons. The van der Waals surface area contributed by atoms with Crippen molar-refractivity contribution in [2.24, 2.45) is 0 Å². The SMILES string of the molecule is CN1CCN(C(=O)c2cccc(/C=C/c3nn(COCC[Si](C)(C)C)c4cc(C=O)ccc34)c2)CC1. The van der Waals surface area contributed by atoms with Crippen LogP contribution in [0.1, 0.15) is 32.0 Å². The van der Waals surface area contributed by atoms with Crippen molar-refractivity contribution in [3.63, 3.8) is 0 Å². The highest BCUT2D eigenvalue weighted by Gasteiger charge is 2.20. The van der Waals surface area contributed by atoms with Gasteiger partial charge in [-0.05, 0) is 49.0 Å². The number of fused-ring (bicyclic) bond motifs is 1. The predicted octanol–water partition coefficient (Wildman–Crippen LogP) is 4.72. The Labute approximate surface area is 214 Å². The molecule has 7 nitrogen and oxygen atoms in total. The minimum absolute atomic E-state index is 0.0740. The number of rotatable bonds is 9. The van der Waals surface area contributed by atoms with Crippen LogP contribution in [0, 0.1) is 0 Å². The summed E-state index contributed by atoms with van der Waals surface area (Å²) in [5.74, 6) is 0.0740. The summed E-state index contributed by atoms with van der Waals surface area (Å²) in [6.07, 6.45) is 4.79. The zero-order chi connectivity index (χ0) is 25.7. The number of aromatic nitrogens is 2. The van der Waals surface area contributed by atoms with Crippen molar-refractivity contribution in [3.05, 3.63) is 64.8 Å². The Morgan fingerprint density at radius 2 is 1.81 bits per heavy atom. The van der Waals surface area contributed by atoms with Crippen LogP contribution in [0.3, 0.4) is 0 Å². The lowest BCUT2D eigenvalue weighted by atomic mass is 10.1. The van der Waals surface area contributed by atoms with Gasteiger partial charge in [0, 0.05) is 57.4 Å². The Balaban J connectivity index is 1.53. The second kappa shape index (κ2) is 11.3. The normalized spacial score (nSPS) is 15.2. The maximum Gasteiger partial charge on any atom is 0.253 e. The van der Waals surface area contributed by atoms with Gasteiger partial charge in [-0.2, -0.15) is 5.10 Å². The summed E-state index contributed by atoms with van der Waals surface area (Å²) < 4.78 is 7.76. The maximum absolute atomic E-state index is 13.0. The molecule has 0 unspecified atom stereocenters. The van der Waals surface area contributed by atoms with Gasteiger partial charge in [0.2, 0.25) is 0 Å². The van der Waals surface area contributed by atoms with E-state index in [-0.39, 0.29) is 5.91 Å². The molecule has 0 saturated carbocycles. The molecule has 0 bridgehead atoms. The third-order valence-electron chi connectivity index (χ3n) is 6.51. The summed E-state index contributed by atoms with van der Waals surface area (Å²) >= 11 is 0. The lowest BCUT2D eigenvalue weighted by Crippen LogP contribution is -2.47. The third kappa shape index (κ3) is 6.57. The van der Waals surface area contributed by atoms with Gasteiger partial charge in [-0.3, -0.25) is 9.59 Å². The first kappa shape index (κ1) is 26.0. The van der Waals surface area contributed by atoms with Gasteiger partial charge in [0.25, 0.3) is 5.91 Å². The van der Waals surface area contributed by atoms with Crippen LogP contribution in [0.15, 0.2) is 42.5 Å². The molecule has 0 spiro atoms. The summed E-state index contributed by atoms with van der Waals surface area (Å²) in [6, 6.07) is 14.4. The molecule has 8 heteroatoms. The van der Waals surface area contributed by atoms with E-state index in [1.807, 2.05) is 58.1 Å². The summed E-state index contributed by atoms with van der Waals surface area (Å²) in [7, 11) is 0.904. The second-order valence-corrected chi connectivity index (χ2v) is 16.3. The van der Waals surface area contributed by atoms with Crippen molar-refractivity contribution >= 4 is 43.3 Å². The zero-order valence-electron chi connectivity index (χ0n) is 21.7. The van der Waals surface area contributed by atoms with Gasteiger partial charge in [-0.15, -0.1) is 0 Å². The second-order valence-electron chi connectivity index (χ2n) is 10.7. The van der Waals surface area contributed by atoms with Crippen LogP contribution < -0.4 is 0 Å². The number of ether oxygens (including phenoxy) is 1. The average molecular weight is 505 g/mol. The zero-order valence-corrected chi connectivity index (χ0v) is 22.7. The molecule has 0 aliphatic carbocycles. The minimum atomic E-state index is -1.18.